The zero-order valence-electron chi connectivity index (χ0n) is 11.7. The molecule has 0 aliphatic rings. The van der Waals surface area contributed by atoms with Crippen LogP contribution in [0, 0.1) is 0 Å². The summed E-state index contributed by atoms with van der Waals surface area (Å²) in [5.41, 5.74) is 3.18. The highest BCUT2D eigenvalue weighted by Gasteiger charge is 2.11. The summed E-state index contributed by atoms with van der Waals surface area (Å²) in [4.78, 5) is 22.9. The van der Waals surface area contributed by atoms with Crippen molar-refractivity contribution in [3.05, 3.63) is 52.2 Å². The minimum Gasteiger partial charge on any atom is -0.479 e. The molecule has 0 aliphatic carbocycles. The maximum atomic E-state index is 11.6. The Balaban J connectivity index is 1.89. The van der Waals surface area contributed by atoms with Crippen molar-refractivity contribution in [3.63, 3.8) is 0 Å². The lowest BCUT2D eigenvalue weighted by Crippen LogP contribution is -2.22. The zero-order chi connectivity index (χ0) is 15.9. The van der Waals surface area contributed by atoms with Crippen molar-refractivity contribution in [3.8, 4) is 5.75 Å². The standard InChI is InChI=1S/C15H14N2O4S/c1-10(15(19)20)21-12-6-4-11(5-7-12)9-16-17-14(18)13-3-2-8-22-13/h2-10H,1H3,(H,17,18)(H,19,20)/b16-9+. The van der Waals surface area contributed by atoms with Crippen molar-refractivity contribution in [1.82, 2.24) is 5.43 Å². The normalized spacial score (nSPS) is 12.0. The molecule has 114 valence electrons. The van der Waals surface area contributed by atoms with Gasteiger partial charge in [0.25, 0.3) is 5.91 Å². The third-order valence-corrected chi connectivity index (χ3v) is 3.53. The molecule has 0 fully saturated rings. The first-order valence-electron chi connectivity index (χ1n) is 6.42. The fourth-order valence-electron chi connectivity index (χ4n) is 1.52. The van der Waals surface area contributed by atoms with Crippen LogP contribution in [0.5, 0.6) is 5.75 Å². The number of benzene rings is 1. The molecule has 1 aromatic carbocycles. The van der Waals surface area contributed by atoms with Gasteiger partial charge in [-0.2, -0.15) is 5.10 Å². The van der Waals surface area contributed by atoms with Crippen LogP contribution in [0.3, 0.4) is 0 Å². The van der Waals surface area contributed by atoms with Crippen molar-refractivity contribution in [2.75, 3.05) is 0 Å². The van der Waals surface area contributed by atoms with Gasteiger partial charge in [-0.25, -0.2) is 10.2 Å². The Morgan fingerprint density at radius 2 is 2.05 bits per heavy atom. The molecule has 1 unspecified atom stereocenters. The number of hydrogen-bond donors (Lipinski definition) is 2. The van der Waals surface area contributed by atoms with Gasteiger partial charge in [0.1, 0.15) is 5.75 Å². The molecule has 7 heteroatoms. The van der Waals surface area contributed by atoms with Crippen molar-refractivity contribution in [2.45, 2.75) is 13.0 Å². The number of carbonyl (C=O) groups excluding carboxylic acids is 1. The second-order valence-electron chi connectivity index (χ2n) is 4.34. The summed E-state index contributed by atoms with van der Waals surface area (Å²) < 4.78 is 5.21. The molecule has 0 radical (unpaired) electrons. The topological polar surface area (TPSA) is 88.0 Å². The number of hydrogen-bond acceptors (Lipinski definition) is 5. The van der Waals surface area contributed by atoms with Gasteiger partial charge in [0.05, 0.1) is 11.1 Å². The number of carbonyl (C=O) groups is 2. The molecule has 2 N–H and O–H groups in total. The molecule has 1 heterocycles. The number of thiophene rings is 1. The van der Waals surface area contributed by atoms with Crippen molar-refractivity contribution in [1.29, 1.82) is 0 Å². The molecule has 0 saturated carbocycles. The summed E-state index contributed by atoms with van der Waals surface area (Å²) in [7, 11) is 0. The van der Waals surface area contributed by atoms with E-state index >= 15 is 0 Å². The third-order valence-electron chi connectivity index (χ3n) is 2.67. The molecule has 6 nitrogen and oxygen atoms in total. The summed E-state index contributed by atoms with van der Waals surface area (Å²) in [5, 5.41) is 14.4. The summed E-state index contributed by atoms with van der Waals surface area (Å²) in [5.74, 6) is -0.835. The van der Waals surface area contributed by atoms with Crippen LogP contribution in [0.15, 0.2) is 46.9 Å². The lowest BCUT2D eigenvalue weighted by atomic mass is 10.2. The largest absolute Gasteiger partial charge is 0.479 e. The van der Waals surface area contributed by atoms with E-state index in [9.17, 15) is 9.59 Å². The van der Waals surface area contributed by atoms with Gasteiger partial charge < -0.3 is 9.84 Å². The number of rotatable bonds is 6. The maximum Gasteiger partial charge on any atom is 0.344 e. The van der Waals surface area contributed by atoms with Crippen LogP contribution in [-0.2, 0) is 4.79 Å². The molecule has 22 heavy (non-hydrogen) atoms. The Morgan fingerprint density at radius 3 is 2.64 bits per heavy atom. The van der Waals surface area contributed by atoms with E-state index in [4.69, 9.17) is 9.84 Å². The highest BCUT2D eigenvalue weighted by atomic mass is 32.1. The summed E-state index contributed by atoms with van der Waals surface area (Å²) in [6, 6.07) is 10.2. The third kappa shape index (κ3) is 4.42. The monoisotopic (exact) mass is 318 g/mol. The summed E-state index contributed by atoms with van der Waals surface area (Å²) >= 11 is 1.34. The Bertz CT molecular complexity index is 665. The van der Waals surface area contributed by atoms with E-state index in [1.54, 1.807) is 36.4 Å². The van der Waals surface area contributed by atoms with E-state index in [0.29, 0.717) is 10.6 Å². The SMILES string of the molecule is CC(Oc1ccc(/C=N/NC(=O)c2cccs2)cc1)C(=O)O. The smallest absolute Gasteiger partial charge is 0.344 e. The number of hydrazone groups is 1. The lowest BCUT2D eigenvalue weighted by Gasteiger charge is -2.09. The van der Waals surface area contributed by atoms with E-state index in [-0.39, 0.29) is 5.91 Å². The van der Waals surface area contributed by atoms with Crippen LogP contribution in [0.1, 0.15) is 22.2 Å². The number of carboxylic acid groups (broad SMARTS) is 1. The Kier molecular flexibility index (Phi) is 5.26. The van der Waals surface area contributed by atoms with Gasteiger partial charge in [0, 0.05) is 0 Å². The molecule has 1 atom stereocenters. The Hall–Kier alpha value is -2.67. The van der Waals surface area contributed by atoms with Crippen LogP contribution < -0.4 is 10.2 Å². The molecule has 0 bridgehead atoms. The molecule has 2 rings (SSSR count). The first kappa shape index (κ1) is 15.7. The second-order valence-corrected chi connectivity index (χ2v) is 5.29. The van der Waals surface area contributed by atoms with Gasteiger partial charge in [-0.15, -0.1) is 11.3 Å². The lowest BCUT2D eigenvalue weighted by molar-refractivity contribution is -0.144. The first-order chi connectivity index (χ1) is 10.6. The minimum absolute atomic E-state index is 0.263. The van der Waals surface area contributed by atoms with Gasteiger partial charge in [0.2, 0.25) is 0 Å². The molecule has 0 spiro atoms. The van der Waals surface area contributed by atoms with Crippen LogP contribution in [-0.4, -0.2) is 29.3 Å². The number of aliphatic carboxylic acids is 1. The number of ether oxygens (including phenoxy) is 1. The van der Waals surface area contributed by atoms with Gasteiger partial charge in [-0.3, -0.25) is 4.79 Å². The van der Waals surface area contributed by atoms with Gasteiger partial charge in [-0.05, 0) is 48.2 Å². The molecular formula is C15H14N2O4S. The molecule has 0 aliphatic heterocycles. The fraction of sp³-hybridized carbons (Fsp3) is 0.133. The van der Waals surface area contributed by atoms with Gasteiger partial charge >= 0.3 is 5.97 Å². The van der Waals surface area contributed by atoms with E-state index in [1.165, 1.54) is 24.5 Å². The number of carboxylic acids is 1. The van der Waals surface area contributed by atoms with E-state index in [2.05, 4.69) is 10.5 Å². The van der Waals surface area contributed by atoms with Crippen molar-refractivity contribution in [2.24, 2.45) is 5.10 Å². The van der Waals surface area contributed by atoms with Crippen molar-refractivity contribution >= 4 is 29.4 Å². The van der Waals surface area contributed by atoms with E-state index < -0.39 is 12.1 Å². The van der Waals surface area contributed by atoms with Crippen LogP contribution in [0.2, 0.25) is 0 Å². The molecule has 0 saturated heterocycles. The Labute approximate surface area is 131 Å². The van der Waals surface area contributed by atoms with Gasteiger partial charge in [0.15, 0.2) is 6.10 Å². The zero-order valence-corrected chi connectivity index (χ0v) is 12.5. The second kappa shape index (κ2) is 7.37. The maximum absolute atomic E-state index is 11.6. The molecular weight excluding hydrogens is 304 g/mol. The number of nitrogens with one attached hydrogen (secondary N) is 1. The first-order valence-corrected chi connectivity index (χ1v) is 7.30. The van der Waals surface area contributed by atoms with Crippen molar-refractivity contribution < 1.29 is 19.4 Å². The highest BCUT2D eigenvalue weighted by Crippen LogP contribution is 2.13. The van der Waals surface area contributed by atoms with Crippen LogP contribution >= 0.6 is 11.3 Å². The molecule has 2 aromatic rings. The van der Waals surface area contributed by atoms with Crippen LogP contribution in [0.4, 0.5) is 0 Å². The average molecular weight is 318 g/mol. The van der Waals surface area contributed by atoms with E-state index in [1.807, 2.05) is 5.38 Å². The number of amides is 1. The minimum atomic E-state index is -1.03. The van der Waals surface area contributed by atoms with Gasteiger partial charge in [-0.1, -0.05) is 6.07 Å². The predicted octanol–water partition coefficient (Wildman–Crippen LogP) is 2.36. The summed E-state index contributed by atoms with van der Waals surface area (Å²) in [6.07, 6.45) is 0.584. The molecule has 1 amide bonds. The van der Waals surface area contributed by atoms with E-state index in [0.717, 1.165) is 5.56 Å². The Morgan fingerprint density at radius 1 is 1.32 bits per heavy atom. The highest BCUT2D eigenvalue weighted by molar-refractivity contribution is 7.12. The average Bonchev–Trinajstić information content (AvgIpc) is 3.03. The van der Waals surface area contributed by atoms with Crippen LogP contribution in [0.25, 0.3) is 0 Å². The number of nitrogens with zero attached hydrogens (tertiary/aromatic N) is 1. The quantitative estimate of drug-likeness (QED) is 0.632. The summed E-state index contributed by atoms with van der Waals surface area (Å²) in [6.45, 7) is 1.46. The molecule has 1 aromatic heterocycles. The predicted molar refractivity (Wildman–Crippen MR) is 83.5 cm³/mol. The fourth-order valence-corrected chi connectivity index (χ4v) is 2.13.